The molecule has 0 saturated heterocycles. The molecule has 0 aliphatic rings. The van der Waals surface area contributed by atoms with Crippen LogP contribution in [0.25, 0.3) is 11.0 Å². The van der Waals surface area contributed by atoms with E-state index in [-0.39, 0.29) is 11.9 Å². The fraction of sp³-hybridized carbons (Fsp3) is 0.364. The number of imidazole rings is 1. The predicted molar refractivity (Wildman–Crippen MR) is 116 cm³/mol. The normalized spacial score (nSPS) is 12.3. The van der Waals surface area contributed by atoms with Crippen molar-refractivity contribution in [3.05, 3.63) is 63.9 Å². The number of carbonyl (C=O) groups excluding carboxylic acids is 1. The maximum absolute atomic E-state index is 13.2. The monoisotopic (exact) mass is 417 g/mol. The second-order valence-corrected chi connectivity index (χ2v) is 7.81. The Morgan fingerprint density at radius 2 is 1.82 bits per heavy atom. The van der Waals surface area contributed by atoms with Crippen LogP contribution in [-0.4, -0.2) is 34.0 Å². The number of halogens is 2. The summed E-state index contributed by atoms with van der Waals surface area (Å²) in [5.74, 6) is 0.925. The molecule has 3 rings (SSSR count). The van der Waals surface area contributed by atoms with Crippen LogP contribution in [0.5, 0.6) is 0 Å². The summed E-state index contributed by atoms with van der Waals surface area (Å²) in [6.45, 7) is 4.82. The lowest BCUT2D eigenvalue weighted by Crippen LogP contribution is -2.35. The Bertz CT molecular complexity index is 969. The van der Waals surface area contributed by atoms with E-state index in [0.29, 0.717) is 22.9 Å². The van der Waals surface area contributed by atoms with Crippen molar-refractivity contribution in [3.8, 4) is 0 Å². The molecule has 1 heterocycles. The van der Waals surface area contributed by atoms with Gasteiger partial charge in [-0.15, -0.1) is 0 Å². The van der Waals surface area contributed by atoms with E-state index in [4.69, 9.17) is 28.2 Å². The molecule has 0 radical (unpaired) electrons. The first-order chi connectivity index (χ1) is 13.5. The van der Waals surface area contributed by atoms with Gasteiger partial charge < -0.3 is 9.47 Å². The van der Waals surface area contributed by atoms with E-state index in [1.54, 1.807) is 11.0 Å². The summed E-state index contributed by atoms with van der Waals surface area (Å²) in [7, 11) is 1.86. The Labute approximate surface area is 176 Å². The quantitative estimate of drug-likeness (QED) is 0.490. The van der Waals surface area contributed by atoms with Crippen molar-refractivity contribution >= 4 is 40.1 Å². The van der Waals surface area contributed by atoms with Gasteiger partial charge in [-0.25, -0.2) is 4.98 Å². The molecule has 1 atom stereocenters. The standard InChI is InChI=1S/C22H25Cl2N3O/c1-4-11-26(3)22(28)19(5-2)27-20-14-17(24)16(23)13-18(20)25-21(27)12-15-9-7-6-8-10-15/h6-10,13-14,19H,4-5,11-12H2,1-3H3. The lowest BCUT2D eigenvalue weighted by Gasteiger charge is -2.25. The fourth-order valence-electron chi connectivity index (χ4n) is 3.56. The molecular formula is C22H25Cl2N3O. The minimum atomic E-state index is -0.336. The molecule has 0 saturated carbocycles. The first kappa shape index (κ1) is 20.7. The molecule has 1 aromatic heterocycles. The van der Waals surface area contributed by atoms with E-state index < -0.39 is 0 Å². The van der Waals surface area contributed by atoms with E-state index in [1.165, 1.54) is 0 Å². The largest absolute Gasteiger partial charge is 0.344 e. The van der Waals surface area contributed by atoms with Gasteiger partial charge in [0.1, 0.15) is 11.9 Å². The first-order valence-corrected chi connectivity index (χ1v) is 10.4. The van der Waals surface area contributed by atoms with E-state index in [1.807, 2.05) is 42.8 Å². The van der Waals surface area contributed by atoms with Gasteiger partial charge in [0.05, 0.1) is 21.1 Å². The number of likely N-dealkylation sites (N-methyl/N-ethyl adjacent to an activating group) is 1. The van der Waals surface area contributed by atoms with Crippen molar-refractivity contribution in [3.63, 3.8) is 0 Å². The first-order valence-electron chi connectivity index (χ1n) is 9.61. The van der Waals surface area contributed by atoms with Crippen LogP contribution in [0, 0.1) is 0 Å². The van der Waals surface area contributed by atoms with Crippen molar-refractivity contribution in [1.29, 1.82) is 0 Å². The van der Waals surface area contributed by atoms with Gasteiger partial charge in [-0.2, -0.15) is 0 Å². The zero-order chi connectivity index (χ0) is 20.3. The Hall–Kier alpha value is -2.04. The highest BCUT2D eigenvalue weighted by Gasteiger charge is 2.27. The average molecular weight is 418 g/mol. The van der Waals surface area contributed by atoms with Crippen molar-refractivity contribution < 1.29 is 4.79 Å². The van der Waals surface area contributed by atoms with Gasteiger partial charge >= 0.3 is 0 Å². The third kappa shape index (κ3) is 4.18. The molecule has 0 aliphatic carbocycles. The zero-order valence-corrected chi connectivity index (χ0v) is 18.0. The van der Waals surface area contributed by atoms with Gasteiger partial charge in [-0.05, 0) is 30.5 Å². The molecule has 2 aromatic carbocycles. The number of carbonyl (C=O) groups is 1. The van der Waals surface area contributed by atoms with Crippen LogP contribution in [0.2, 0.25) is 10.0 Å². The molecule has 4 nitrogen and oxygen atoms in total. The zero-order valence-electron chi connectivity index (χ0n) is 16.5. The lowest BCUT2D eigenvalue weighted by atomic mass is 10.1. The number of nitrogens with zero attached hydrogens (tertiary/aromatic N) is 3. The molecule has 1 unspecified atom stereocenters. The van der Waals surface area contributed by atoms with Crippen LogP contribution in [0.1, 0.15) is 44.1 Å². The molecule has 148 valence electrons. The topological polar surface area (TPSA) is 38.1 Å². The second-order valence-electron chi connectivity index (χ2n) is 7.00. The number of hydrogen-bond donors (Lipinski definition) is 0. The van der Waals surface area contributed by atoms with Gasteiger partial charge in [0.2, 0.25) is 5.91 Å². The maximum atomic E-state index is 13.2. The van der Waals surface area contributed by atoms with E-state index in [0.717, 1.165) is 35.4 Å². The summed E-state index contributed by atoms with van der Waals surface area (Å²) in [5.41, 5.74) is 2.73. The smallest absolute Gasteiger partial charge is 0.245 e. The highest BCUT2D eigenvalue weighted by atomic mass is 35.5. The molecule has 0 N–H and O–H groups in total. The van der Waals surface area contributed by atoms with Crippen LogP contribution in [0.15, 0.2) is 42.5 Å². The molecule has 0 spiro atoms. The van der Waals surface area contributed by atoms with Crippen LogP contribution in [0.4, 0.5) is 0 Å². The van der Waals surface area contributed by atoms with Crippen LogP contribution >= 0.6 is 23.2 Å². The minimum Gasteiger partial charge on any atom is -0.344 e. The van der Waals surface area contributed by atoms with Gasteiger partial charge in [0, 0.05) is 20.0 Å². The third-order valence-electron chi connectivity index (χ3n) is 4.93. The number of fused-ring (bicyclic) bond motifs is 1. The molecule has 3 aromatic rings. The number of aromatic nitrogens is 2. The third-order valence-corrected chi connectivity index (χ3v) is 5.65. The van der Waals surface area contributed by atoms with E-state index >= 15 is 0 Å². The van der Waals surface area contributed by atoms with Gasteiger partial charge in [-0.1, -0.05) is 67.4 Å². The van der Waals surface area contributed by atoms with Crippen LogP contribution in [0.3, 0.4) is 0 Å². The van der Waals surface area contributed by atoms with Crippen molar-refractivity contribution in [1.82, 2.24) is 14.5 Å². The van der Waals surface area contributed by atoms with E-state index in [2.05, 4.69) is 19.1 Å². The molecule has 6 heteroatoms. The van der Waals surface area contributed by atoms with Crippen molar-refractivity contribution in [2.75, 3.05) is 13.6 Å². The number of rotatable bonds is 7. The molecular weight excluding hydrogens is 393 g/mol. The Morgan fingerprint density at radius 3 is 2.46 bits per heavy atom. The minimum absolute atomic E-state index is 0.0871. The second kappa shape index (κ2) is 8.97. The highest BCUT2D eigenvalue weighted by molar-refractivity contribution is 6.42. The molecule has 0 bridgehead atoms. The van der Waals surface area contributed by atoms with E-state index in [9.17, 15) is 4.79 Å². The summed E-state index contributed by atoms with van der Waals surface area (Å²) in [4.78, 5) is 19.8. The Kier molecular flexibility index (Phi) is 6.63. The van der Waals surface area contributed by atoms with Gasteiger partial charge in [0.15, 0.2) is 0 Å². The van der Waals surface area contributed by atoms with Crippen LogP contribution < -0.4 is 0 Å². The molecule has 0 aliphatic heterocycles. The Morgan fingerprint density at radius 1 is 1.14 bits per heavy atom. The fourth-order valence-corrected chi connectivity index (χ4v) is 3.87. The van der Waals surface area contributed by atoms with Gasteiger partial charge in [0.25, 0.3) is 0 Å². The SMILES string of the molecule is CCCN(C)C(=O)C(CC)n1c(Cc2ccccc2)nc2cc(Cl)c(Cl)cc21. The van der Waals surface area contributed by atoms with Gasteiger partial charge in [-0.3, -0.25) is 4.79 Å². The van der Waals surface area contributed by atoms with Crippen molar-refractivity contribution in [2.45, 2.75) is 39.2 Å². The average Bonchev–Trinajstić information content (AvgIpc) is 3.00. The molecule has 0 fully saturated rings. The highest BCUT2D eigenvalue weighted by Crippen LogP contribution is 2.32. The number of benzene rings is 2. The summed E-state index contributed by atoms with van der Waals surface area (Å²) < 4.78 is 2.04. The number of hydrogen-bond acceptors (Lipinski definition) is 2. The van der Waals surface area contributed by atoms with Crippen LogP contribution in [-0.2, 0) is 11.2 Å². The number of amides is 1. The summed E-state index contributed by atoms with van der Waals surface area (Å²) in [6.07, 6.45) is 2.22. The maximum Gasteiger partial charge on any atom is 0.245 e. The Balaban J connectivity index is 2.15. The summed E-state index contributed by atoms with van der Waals surface area (Å²) in [6, 6.07) is 13.4. The lowest BCUT2D eigenvalue weighted by molar-refractivity contribution is -0.133. The molecule has 1 amide bonds. The summed E-state index contributed by atoms with van der Waals surface area (Å²) >= 11 is 12.5. The molecule has 28 heavy (non-hydrogen) atoms. The predicted octanol–water partition coefficient (Wildman–Crippen LogP) is 5.75. The summed E-state index contributed by atoms with van der Waals surface area (Å²) in [5, 5.41) is 0.929. The van der Waals surface area contributed by atoms with Crippen molar-refractivity contribution in [2.24, 2.45) is 0 Å².